The molecule has 0 saturated carbocycles. The third-order valence-electron chi connectivity index (χ3n) is 3.46. The van der Waals surface area contributed by atoms with Gasteiger partial charge in [-0.25, -0.2) is 0 Å². The van der Waals surface area contributed by atoms with Gasteiger partial charge in [0.05, 0.1) is 16.9 Å². The summed E-state index contributed by atoms with van der Waals surface area (Å²) in [6.07, 6.45) is 1.13. The standard InChI is InChI=1S/C16H28N4O/c1-6-9-17-10-13-7-8-14(19-18-13)20-11-15(2,3)21-16(4,5)12-20/h7-8,17H,6,9-12H2,1-5H3. The van der Waals surface area contributed by atoms with Crippen molar-refractivity contribution in [1.82, 2.24) is 15.5 Å². The molecule has 0 amide bonds. The first kappa shape index (κ1) is 16.2. The highest BCUT2D eigenvalue weighted by molar-refractivity contribution is 5.39. The van der Waals surface area contributed by atoms with Crippen LogP contribution in [-0.2, 0) is 11.3 Å². The molecule has 1 aliphatic heterocycles. The van der Waals surface area contributed by atoms with Crippen molar-refractivity contribution in [3.8, 4) is 0 Å². The van der Waals surface area contributed by atoms with Gasteiger partial charge in [0.2, 0.25) is 0 Å². The molecular weight excluding hydrogens is 264 g/mol. The van der Waals surface area contributed by atoms with Crippen LogP contribution in [0.15, 0.2) is 12.1 Å². The molecule has 1 aromatic heterocycles. The monoisotopic (exact) mass is 292 g/mol. The van der Waals surface area contributed by atoms with Crippen molar-refractivity contribution in [3.63, 3.8) is 0 Å². The zero-order valence-electron chi connectivity index (χ0n) is 13.9. The minimum absolute atomic E-state index is 0.176. The Hall–Kier alpha value is -1.20. The summed E-state index contributed by atoms with van der Waals surface area (Å²) in [5, 5.41) is 12.1. The van der Waals surface area contributed by atoms with Gasteiger partial charge >= 0.3 is 0 Å². The highest BCUT2D eigenvalue weighted by Crippen LogP contribution is 2.30. The van der Waals surface area contributed by atoms with E-state index < -0.39 is 0 Å². The molecular formula is C16H28N4O. The zero-order chi connectivity index (χ0) is 15.5. The number of aromatic nitrogens is 2. The lowest BCUT2D eigenvalue weighted by atomic mass is 9.99. The summed E-state index contributed by atoms with van der Waals surface area (Å²) >= 11 is 0. The fraction of sp³-hybridized carbons (Fsp3) is 0.750. The summed E-state index contributed by atoms with van der Waals surface area (Å²) in [5.74, 6) is 0.929. The fourth-order valence-corrected chi connectivity index (χ4v) is 2.96. The summed E-state index contributed by atoms with van der Waals surface area (Å²) in [5.41, 5.74) is 0.634. The van der Waals surface area contributed by atoms with E-state index in [1.54, 1.807) is 0 Å². The predicted molar refractivity (Wildman–Crippen MR) is 85.5 cm³/mol. The van der Waals surface area contributed by atoms with Crippen molar-refractivity contribution in [3.05, 3.63) is 17.8 Å². The number of hydrogen-bond acceptors (Lipinski definition) is 5. The molecule has 0 spiro atoms. The molecule has 2 rings (SSSR count). The lowest BCUT2D eigenvalue weighted by Gasteiger charge is -2.47. The van der Waals surface area contributed by atoms with Gasteiger partial charge in [-0.15, -0.1) is 5.10 Å². The maximum atomic E-state index is 6.10. The number of ether oxygens (including phenoxy) is 1. The number of morpholine rings is 1. The minimum atomic E-state index is -0.176. The van der Waals surface area contributed by atoms with Crippen LogP contribution in [0, 0.1) is 0 Å². The average Bonchev–Trinajstić information content (AvgIpc) is 2.36. The van der Waals surface area contributed by atoms with Gasteiger partial charge in [0, 0.05) is 19.6 Å². The van der Waals surface area contributed by atoms with Gasteiger partial charge < -0.3 is 15.0 Å². The van der Waals surface area contributed by atoms with E-state index in [0.29, 0.717) is 0 Å². The fourth-order valence-electron chi connectivity index (χ4n) is 2.96. The van der Waals surface area contributed by atoms with E-state index in [1.165, 1.54) is 0 Å². The van der Waals surface area contributed by atoms with Gasteiger partial charge in [0.15, 0.2) is 5.82 Å². The van der Waals surface area contributed by atoms with E-state index >= 15 is 0 Å². The summed E-state index contributed by atoms with van der Waals surface area (Å²) in [6, 6.07) is 4.12. The maximum Gasteiger partial charge on any atom is 0.151 e. The van der Waals surface area contributed by atoms with Crippen molar-refractivity contribution in [2.45, 2.75) is 58.8 Å². The van der Waals surface area contributed by atoms with E-state index in [1.807, 2.05) is 0 Å². The molecule has 0 unspecified atom stereocenters. The van der Waals surface area contributed by atoms with Crippen LogP contribution in [-0.4, -0.2) is 41.0 Å². The lowest BCUT2D eigenvalue weighted by molar-refractivity contribution is -0.133. The molecule has 1 N–H and O–H groups in total. The second-order valence-electron chi connectivity index (χ2n) is 7.04. The number of anilines is 1. The van der Waals surface area contributed by atoms with Crippen LogP contribution in [0.1, 0.15) is 46.7 Å². The molecule has 0 radical (unpaired) electrons. The van der Waals surface area contributed by atoms with Crippen LogP contribution in [0.4, 0.5) is 5.82 Å². The van der Waals surface area contributed by atoms with Crippen molar-refractivity contribution in [2.75, 3.05) is 24.5 Å². The first-order valence-electron chi connectivity index (χ1n) is 7.80. The Kier molecular flexibility index (Phi) is 4.84. The molecule has 0 bridgehead atoms. The van der Waals surface area contributed by atoms with Gasteiger partial charge in [0.1, 0.15) is 0 Å². The molecule has 2 heterocycles. The Morgan fingerprint density at radius 1 is 1.14 bits per heavy atom. The smallest absolute Gasteiger partial charge is 0.151 e. The third kappa shape index (κ3) is 4.64. The summed E-state index contributed by atoms with van der Waals surface area (Å²) in [6.45, 7) is 14.1. The van der Waals surface area contributed by atoms with E-state index in [4.69, 9.17) is 4.74 Å². The topological polar surface area (TPSA) is 50.3 Å². The summed E-state index contributed by atoms with van der Waals surface area (Å²) in [7, 11) is 0. The Labute approximate surface area is 128 Å². The Bertz CT molecular complexity index is 440. The first-order chi connectivity index (χ1) is 9.81. The van der Waals surface area contributed by atoms with Gasteiger partial charge in [-0.1, -0.05) is 6.92 Å². The molecule has 118 valence electrons. The van der Waals surface area contributed by atoms with Crippen molar-refractivity contribution in [2.24, 2.45) is 0 Å². The number of nitrogens with one attached hydrogen (secondary N) is 1. The zero-order valence-corrected chi connectivity index (χ0v) is 13.9. The second kappa shape index (κ2) is 6.28. The molecule has 1 aliphatic rings. The molecule has 1 fully saturated rings. The molecule has 21 heavy (non-hydrogen) atoms. The van der Waals surface area contributed by atoms with E-state index in [-0.39, 0.29) is 11.2 Å². The SMILES string of the molecule is CCCNCc1ccc(N2CC(C)(C)OC(C)(C)C2)nn1. The van der Waals surface area contributed by atoms with Crippen LogP contribution in [0.5, 0.6) is 0 Å². The van der Waals surface area contributed by atoms with Gasteiger partial charge in [-0.05, 0) is 52.8 Å². The lowest BCUT2D eigenvalue weighted by Crippen LogP contribution is -2.57. The van der Waals surface area contributed by atoms with Crippen LogP contribution in [0.2, 0.25) is 0 Å². The predicted octanol–water partition coefficient (Wildman–Crippen LogP) is 2.37. The molecule has 0 aromatic carbocycles. The number of nitrogens with zero attached hydrogens (tertiary/aromatic N) is 3. The molecule has 5 nitrogen and oxygen atoms in total. The Morgan fingerprint density at radius 2 is 1.81 bits per heavy atom. The van der Waals surface area contributed by atoms with E-state index in [2.05, 4.69) is 67.2 Å². The molecule has 0 aliphatic carbocycles. The van der Waals surface area contributed by atoms with Crippen LogP contribution >= 0.6 is 0 Å². The number of hydrogen-bond donors (Lipinski definition) is 1. The molecule has 5 heteroatoms. The third-order valence-corrected chi connectivity index (χ3v) is 3.46. The molecule has 0 atom stereocenters. The minimum Gasteiger partial charge on any atom is -0.366 e. The normalized spacial score (nSPS) is 20.5. The highest BCUT2D eigenvalue weighted by atomic mass is 16.5. The van der Waals surface area contributed by atoms with Crippen molar-refractivity contribution < 1.29 is 4.74 Å². The highest BCUT2D eigenvalue weighted by Gasteiger charge is 2.38. The van der Waals surface area contributed by atoms with Crippen molar-refractivity contribution >= 4 is 5.82 Å². The average molecular weight is 292 g/mol. The van der Waals surface area contributed by atoms with E-state index in [0.717, 1.165) is 44.1 Å². The summed E-state index contributed by atoms with van der Waals surface area (Å²) in [4.78, 5) is 2.26. The Balaban J connectivity index is 2.04. The van der Waals surface area contributed by atoms with E-state index in [9.17, 15) is 0 Å². The van der Waals surface area contributed by atoms with Gasteiger partial charge in [-0.2, -0.15) is 5.10 Å². The van der Waals surface area contributed by atoms with Crippen LogP contribution in [0.25, 0.3) is 0 Å². The second-order valence-corrected chi connectivity index (χ2v) is 7.04. The quantitative estimate of drug-likeness (QED) is 0.844. The first-order valence-corrected chi connectivity index (χ1v) is 7.80. The molecule has 1 saturated heterocycles. The van der Waals surface area contributed by atoms with Crippen LogP contribution < -0.4 is 10.2 Å². The molecule has 1 aromatic rings. The largest absolute Gasteiger partial charge is 0.366 e. The van der Waals surface area contributed by atoms with Crippen LogP contribution in [0.3, 0.4) is 0 Å². The summed E-state index contributed by atoms with van der Waals surface area (Å²) < 4.78 is 6.10. The Morgan fingerprint density at radius 3 is 2.33 bits per heavy atom. The number of rotatable bonds is 5. The van der Waals surface area contributed by atoms with Gasteiger partial charge in [-0.3, -0.25) is 0 Å². The maximum absolute atomic E-state index is 6.10. The van der Waals surface area contributed by atoms with Crippen molar-refractivity contribution in [1.29, 1.82) is 0 Å². The van der Waals surface area contributed by atoms with Gasteiger partial charge in [0.25, 0.3) is 0 Å².